The van der Waals surface area contributed by atoms with Crippen molar-refractivity contribution in [2.45, 2.75) is 18.2 Å². The van der Waals surface area contributed by atoms with Gasteiger partial charge >= 0.3 is 6.18 Å². The van der Waals surface area contributed by atoms with Crippen LogP contribution in [0.2, 0.25) is 0 Å². The molecule has 1 aromatic rings. The van der Waals surface area contributed by atoms with Crippen molar-refractivity contribution < 1.29 is 27.4 Å². The molecule has 2 nitrogen and oxygen atoms in total. The van der Waals surface area contributed by atoms with Gasteiger partial charge in [0.15, 0.2) is 0 Å². The number of halogens is 4. The minimum absolute atomic E-state index is 0.102. The Balaban J connectivity index is 2.38. The lowest BCUT2D eigenvalue weighted by Gasteiger charge is -2.22. The van der Waals surface area contributed by atoms with Gasteiger partial charge in [-0.2, -0.15) is 13.2 Å². The highest BCUT2D eigenvalue weighted by Gasteiger charge is 2.38. The SMILES string of the molecule is OC1(c2ccc(C(F)(F)F)cc2F)CCOC1. The normalized spacial score (nSPS) is 25.2. The van der Waals surface area contributed by atoms with Crippen molar-refractivity contribution in [1.29, 1.82) is 0 Å². The quantitative estimate of drug-likeness (QED) is 0.776. The highest BCUT2D eigenvalue weighted by molar-refractivity contribution is 5.31. The van der Waals surface area contributed by atoms with Gasteiger partial charge in [-0.1, -0.05) is 6.07 Å². The standard InChI is InChI=1S/C11H10F4O2/c12-9-5-7(11(13,14)15)1-2-8(9)10(16)3-4-17-6-10/h1-2,5,16H,3-4,6H2. The van der Waals surface area contributed by atoms with Crippen LogP contribution in [-0.2, 0) is 16.5 Å². The molecule has 0 amide bonds. The maximum Gasteiger partial charge on any atom is 0.416 e. The molecule has 17 heavy (non-hydrogen) atoms. The zero-order valence-corrected chi connectivity index (χ0v) is 8.72. The van der Waals surface area contributed by atoms with Crippen molar-refractivity contribution in [3.63, 3.8) is 0 Å². The van der Waals surface area contributed by atoms with Gasteiger partial charge in [0.25, 0.3) is 0 Å². The summed E-state index contributed by atoms with van der Waals surface area (Å²) in [6, 6.07) is 2.12. The second-order valence-corrected chi connectivity index (χ2v) is 4.03. The van der Waals surface area contributed by atoms with E-state index in [1.807, 2.05) is 0 Å². The van der Waals surface area contributed by atoms with Gasteiger partial charge < -0.3 is 9.84 Å². The first-order valence-electron chi connectivity index (χ1n) is 5.00. The molecule has 94 valence electrons. The van der Waals surface area contributed by atoms with E-state index in [0.29, 0.717) is 6.07 Å². The summed E-state index contributed by atoms with van der Waals surface area (Å²) < 4.78 is 55.4. The van der Waals surface area contributed by atoms with E-state index in [2.05, 4.69) is 0 Å². The zero-order chi connectivity index (χ0) is 12.7. The molecule has 1 aliphatic rings. The molecule has 1 atom stereocenters. The van der Waals surface area contributed by atoms with Crippen molar-refractivity contribution in [3.8, 4) is 0 Å². The number of benzene rings is 1. The molecule has 1 saturated heterocycles. The van der Waals surface area contributed by atoms with Crippen LogP contribution in [0.25, 0.3) is 0 Å². The van der Waals surface area contributed by atoms with E-state index >= 15 is 0 Å². The molecule has 1 fully saturated rings. The second kappa shape index (κ2) is 3.96. The first-order valence-corrected chi connectivity index (χ1v) is 5.00. The van der Waals surface area contributed by atoms with Crippen LogP contribution in [0.15, 0.2) is 18.2 Å². The van der Waals surface area contributed by atoms with E-state index < -0.39 is 23.2 Å². The Morgan fingerprint density at radius 1 is 1.29 bits per heavy atom. The lowest BCUT2D eigenvalue weighted by atomic mass is 9.92. The summed E-state index contributed by atoms with van der Waals surface area (Å²) in [6.07, 6.45) is -4.41. The van der Waals surface area contributed by atoms with Crippen LogP contribution in [0.4, 0.5) is 17.6 Å². The van der Waals surface area contributed by atoms with Gasteiger partial charge in [0, 0.05) is 18.6 Å². The Kier molecular flexibility index (Phi) is 2.87. The Morgan fingerprint density at radius 2 is 2.00 bits per heavy atom. The Morgan fingerprint density at radius 3 is 2.47 bits per heavy atom. The summed E-state index contributed by atoms with van der Waals surface area (Å²) in [5.74, 6) is -1.06. The van der Waals surface area contributed by atoms with Gasteiger partial charge in [-0.05, 0) is 12.1 Å². The molecular formula is C11H10F4O2. The van der Waals surface area contributed by atoms with Crippen LogP contribution in [0.3, 0.4) is 0 Å². The average molecular weight is 250 g/mol. The number of ether oxygens (including phenoxy) is 1. The Bertz CT molecular complexity index is 422. The number of rotatable bonds is 1. The number of alkyl halides is 3. The topological polar surface area (TPSA) is 29.5 Å². The fourth-order valence-corrected chi connectivity index (χ4v) is 1.84. The van der Waals surface area contributed by atoms with E-state index in [9.17, 15) is 22.7 Å². The van der Waals surface area contributed by atoms with E-state index in [4.69, 9.17) is 4.74 Å². The van der Waals surface area contributed by atoms with Crippen molar-refractivity contribution >= 4 is 0 Å². The van der Waals surface area contributed by atoms with E-state index in [0.717, 1.165) is 12.1 Å². The van der Waals surface area contributed by atoms with Crippen LogP contribution >= 0.6 is 0 Å². The van der Waals surface area contributed by atoms with Crippen molar-refractivity contribution in [3.05, 3.63) is 35.1 Å². The van der Waals surface area contributed by atoms with Crippen molar-refractivity contribution in [1.82, 2.24) is 0 Å². The van der Waals surface area contributed by atoms with Crippen LogP contribution in [0, 0.1) is 5.82 Å². The first kappa shape index (κ1) is 12.3. The molecule has 6 heteroatoms. The molecule has 1 aromatic carbocycles. The minimum atomic E-state index is -4.59. The van der Waals surface area contributed by atoms with Gasteiger partial charge in [-0.3, -0.25) is 0 Å². The first-order chi connectivity index (χ1) is 7.83. The number of aliphatic hydroxyl groups is 1. The molecule has 1 heterocycles. The third-order valence-electron chi connectivity index (χ3n) is 2.80. The summed E-state index contributed by atoms with van der Waals surface area (Å²) in [5.41, 5.74) is -2.74. The molecule has 0 aliphatic carbocycles. The third-order valence-corrected chi connectivity index (χ3v) is 2.80. The predicted octanol–water partition coefficient (Wildman–Crippen LogP) is 2.45. The largest absolute Gasteiger partial charge is 0.416 e. The fourth-order valence-electron chi connectivity index (χ4n) is 1.84. The fraction of sp³-hybridized carbons (Fsp3) is 0.455. The molecule has 0 radical (unpaired) electrons. The smallest absolute Gasteiger partial charge is 0.383 e. The predicted molar refractivity (Wildman–Crippen MR) is 50.7 cm³/mol. The van der Waals surface area contributed by atoms with Crippen molar-refractivity contribution in [2.24, 2.45) is 0 Å². The average Bonchev–Trinajstić information content (AvgIpc) is 2.64. The summed E-state index contributed by atoms with van der Waals surface area (Å²) in [6.45, 7) is 0.159. The van der Waals surface area contributed by atoms with Gasteiger partial charge in [0.1, 0.15) is 11.4 Å². The summed E-state index contributed by atoms with van der Waals surface area (Å²) in [7, 11) is 0. The number of hydrogen-bond donors (Lipinski definition) is 1. The molecular weight excluding hydrogens is 240 g/mol. The molecule has 0 saturated carbocycles. The summed E-state index contributed by atoms with van der Waals surface area (Å²) >= 11 is 0. The lowest BCUT2D eigenvalue weighted by Crippen LogP contribution is -2.27. The maximum atomic E-state index is 13.6. The highest BCUT2D eigenvalue weighted by atomic mass is 19.4. The zero-order valence-electron chi connectivity index (χ0n) is 8.72. The van der Waals surface area contributed by atoms with Crippen LogP contribution in [0.1, 0.15) is 17.5 Å². The monoisotopic (exact) mass is 250 g/mol. The van der Waals surface area contributed by atoms with E-state index in [-0.39, 0.29) is 25.2 Å². The van der Waals surface area contributed by atoms with Gasteiger partial charge in [0.05, 0.1) is 12.2 Å². The third kappa shape index (κ3) is 2.28. The van der Waals surface area contributed by atoms with Crippen molar-refractivity contribution in [2.75, 3.05) is 13.2 Å². The lowest BCUT2D eigenvalue weighted by molar-refractivity contribution is -0.137. The van der Waals surface area contributed by atoms with Crippen LogP contribution in [-0.4, -0.2) is 18.3 Å². The molecule has 2 rings (SSSR count). The Hall–Kier alpha value is -1.14. The number of hydrogen-bond acceptors (Lipinski definition) is 2. The Labute approximate surface area is 94.8 Å². The van der Waals surface area contributed by atoms with E-state index in [1.165, 1.54) is 0 Å². The van der Waals surface area contributed by atoms with Gasteiger partial charge in [-0.15, -0.1) is 0 Å². The molecule has 1 N–H and O–H groups in total. The summed E-state index contributed by atoms with van der Waals surface area (Å²) in [5, 5.41) is 9.99. The molecule has 0 bridgehead atoms. The van der Waals surface area contributed by atoms with Gasteiger partial charge in [0.2, 0.25) is 0 Å². The minimum Gasteiger partial charge on any atom is -0.383 e. The van der Waals surface area contributed by atoms with Crippen LogP contribution < -0.4 is 0 Å². The molecule has 0 aromatic heterocycles. The second-order valence-electron chi connectivity index (χ2n) is 4.03. The molecule has 1 aliphatic heterocycles. The highest BCUT2D eigenvalue weighted by Crippen LogP contribution is 2.35. The van der Waals surface area contributed by atoms with Crippen LogP contribution in [0.5, 0.6) is 0 Å². The van der Waals surface area contributed by atoms with Gasteiger partial charge in [-0.25, -0.2) is 4.39 Å². The maximum absolute atomic E-state index is 13.6. The molecule has 1 unspecified atom stereocenters. The van der Waals surface area contributed by atoms with E-state index in [1.54, 1.807) is 0 Å². The molecule has 0 spiro atoms. The summed E-state index contributed by atoms with van der Waals surface area (Å²) in [4.78, 5) is 0.